The fourth-order valence-corrected chi connectivity index (χ4v) is 2.64. The van der Waals surface area contributed by atoms with E-state index in [1.807, 2.05) is 30.3 Å². The highest BCUT2D eigenvalue weighted by Gasteiger charge is 2.16. The van der Waals surface area contributed by atoms with Crippen LogP contribution < -0.4 is 16.4 Å². The van der Waals surface area contributed by atoms with Gasteiger partial charge < -0.3 is 20.8 Å². The largest absolute Gasteiger partial charge is 0.459 e. The maximum atomic E-state index is 12.5. The van der Waals surface area contributed by atoms with Crippen molar-refractivity contribution in [2.45, 2.75) is 6.54 Å². The van der Waals surface area contributed by atoms with E-state index in [0.717, 1.165) is 16.7 Å². The predicted octanol–water partition coefficient (Wildman–Crippen LogP) is 2.09. The van der Waals surface area contributed by atoms with E-state index >= 15 is 0 Å². The summed E-state index contributed by atoms with van der Waals surface area (Å²) in [6.45, 7) is 0.0560. The summed E-state index contributed by atoms with van der Waals surface area (Å²) in [5.41, 5.74) is 7.82. The van der Waals surface area contributed by atoms with Gasteiger partial charge in [-0.2, -0.15) is 0 Å². The first-order chi connectivity index (χ1) is 13.5. The summed E-state index contributed by atoms with van der Waals surface area (Å²) in [5.74, 6) is -1.08. The van der Waals surface area contributed by atoms with Gasteiger partial charge in [0, 0.05) is 17.7 Å². The number of nitrogens with one attached hydrogen (secondary N) is 2. The molecule has 0 radical (unpaired) electrons. The van der Waals surface area contributed by atoms with Crippen LogP contribution in [0.5, 0.6) is 0 Å². The normalized spacial score (nSPS) is 10.3. The first-order valence-electron chi connectivity index (χ1n) is 8.61. The van der Waals surface area contributed by atoms with Gasteiger partial charge in [-0.15, -0.1) is 0 Å². The Labute approximate surface area is 161 Å². The maximum Gasteiger partial charge on any atom is 0.287 e. The Morgan fingerprint density at radius 3 is 2.25 bits per heavy atom. The molecule has 3 amide bonds. The molecule has 3 rings (SSSR count). The van der Waals surface area contributed by atoms with Crippen LogP contribution in [0.25, 0.3) is 11.1 Å². The van der Waals surface area contributed by atoms with Crippen LogP contribution in [0.1, 0.15) is 26.5 Å². The van der Waals surface area contributed by atoms with Crippen molar-refractivity contribution in [2.75, 3.05) is 6.54 Å². The van der Waals surface area contributed by atoms with Crippen molar-refractivity contribution in [3.05, 3.63) is 83.8 Å². The molecule has 0 atom stereocenters. The molecule has 7 nitrogen and oxygen atoms in total. The summed E-state index contributed by atoms with van der Waals surface area (Å²) in [6.07, 6.45) is 1.48. The summed E-state index contributed by atoms with van der Waals surface area (Å²) in [7, 11) is 0. The zero-order valence-electron chi connectivity index (χ0n) is 15.0. The van der Waals surface area contributed by atoms with E-state index < -0.39 is 11.8 Å². The van der Waals surface area contributed by atoms with Gasteiger partial charge >= 0.3 is 0 Å². The zero-order valence-corrected chi connectivity index (χ0v) is 15.0. The van der Waals surface area contributed by atoms with Crippen LogP contribution in [0.3, 0.4) is 0 Å². The molecular weight excluding hydrogens is 358 g/mol. The quantitative estimate of drug-likeness (QED) is 0.585. The molecule has 7 heteroatoms. The van der Waals surface area contributed by atoms with Crippen molar-refractivity contribution in [1.82, 2.24) is 10.6 Å². The van der Waals surface area contributed by atoms with Crippen LogP contribution in [0.4, 0.5) is 0 Å². The Morgan fingerprint density at radius 1 is 0.857 bits per heavy atom. The molecule has 4 N–H and O–H groups in total. The highest BCUT2D eigenvalue weighted by molar-refractivity contribution is 5.98. The maximum absolute atomic E-state index is 12.5. The molecule has 28 heavy (non-hydrogen) atoms. The number of carbonyl (C=O) groups excluding carboxylic acids is 3. The zero-order chi connectivity index (χ0) is 19.9. The lowest BCUT2D eigenvalue weighted by molar-refractivity contribution is -0.117. The minimum Gasteiger partial charge on any atom is -0.459 e. The molecule has 0 saturated heterocycles. The van der Waals surface area contributed by atoms with E-state index in [9.17, 15) is 14.4 Å². The van der Waals surface area contributed by atoms with Gasteiger partial charge in [0.05, 0.1) is 12.8 Å². The van der Waals surface area contributed by atoms with Gasteiger partial charge in [-0.1, -0.05) is 42.5 Å². The number of hydrogen-bond acceptors (Lipinski definition) is 4. The van der Waals surface area contributed by atoms with E-state index in [-0.39, 0.29) is 24.8 Å². The number of amides is 3. The Hall–Kier alpha value is -3.87. The van der Waals surface area contributed by atoms with Crippen molar-refractivity contribution in [1.29, 1.82) is 0 Å². The van der Waals surface area contributed by atoms with Crippen LogP contribution in [0.15, 0.2) is 71.3 Å². The molecule has 0 aliphatic rings. The van der Waals surface area contributed by atoms with E-state index in [4.69, 9.17) is 10.2 Å². The van der Waals surface area contributed by atoms with Crippen LogP contribution in [-0.4, -0.2) is 24.3 Å². The molecule has 0 bridgehead atoms. The third-order valence-electron chi connectivity index (χ3n) is 4.05. The van der Waals surface area contributed by atoms with Gasteiger partial charge in [-0.25, -0.2) is 0 Å². The number of rotatable bonds is 7. The second-order valence-corrected chi connectivity index (χ2v) is 6.06. The molecule has 2 aromatic carbocycles. The molecular formula is C21H19N3O4. The van der Waals surface area contributed by atoms with E-state index in [1.54, 1.807) is 30.3 Å². The SMILES string of the molecule is NC(=O)CNC(=O)c1ccc(CNC(=O)c2occc2-c2ccccc2)cc1. The van der Waals surface area contributed by atoms with Crippen molar-refractivity contribution < 1.29 is 18.8 Å². The lowest BCUT2D eigenvalue weighted by atomic mass is 10.1. The Kier molecular flexibility index (Phi) is 5.86. The predicted molar refractivity (Wildman–Crippen MR) is 103 cm³/mol. The number of nitrogens with two attached hydrogens (primary N) is 1. The molecule has 0 saturated carbocycles. The molecule has 142 valence electrons. The Balaban J connectivity index is 1.61. The fraction of sp³-hybridized carbons (Fsp3) is 0.0952. The molecule has 3 aromatic rings. The molecule has 0 unspecified atom stereocenters. The average molecular weight is 377 g/mol. The lowest BCUT2D eigenvalue weighted by Gasteiger charge is -2.07. The highest BCUT2D eigenvalue weighted by atomic mass is 16.3. The van der Waals surface area contributed by atoms with E-state index in [0.29, 0.717) is 5.56 Å². The minimum atomic E-state index is -0.611. The second kappa shape index (κ2) is 8.68. The van der Waals surface area contributed by atoms with Gasteiger partial charge in [0.15, 0.2) is 5.76 Å². The van der Waals surface area contributed by atoms with Crippen molar-refractivity contribution >= 4 is 17.7 Å². The second-order valence-electron chi connectivity index (χ2n) is 6.06. The topological polar surface area (TPSA) is 114 Å². The first-order valence-corrected chi connectivity index (χ1v) is 8.61. The molecule has 0 aliphatic heterocycles. The van der Waals surface area contributed by atoms with E-state index in [2.05, 4.69) is 10.6 Å². The number of hydrogen-bond donors (Lipinski definition) is 3. The van der Waals surface area contributed by atoms with Gasteiger partial charge in [0.2, 0.25) is 5.91 Å². The molecule has 1 heterocycles. The Bertz CT molecular complexity index is 978. The minimum absolute atomic E-state index is 0.219. The third-order valence-corrected chi connectivity index (χ3v) is 4.05. The number of benzene rings is 2. The first kappa shape index (κ1) is 18.9. The van der Waals surface area contributed by atoms with Crippen molar-refractivity contribution in [3.63, 3.8) is 0 Å². The monoisotopic (exact) mass is 377 g/mol. The van der Waals surface area contributed by atoms with E-state index in [1.165, 1.54) is 6.26 Å². The van der Waals surface area contributed by atoms with Crippen LogP contribution in [0, 0.1) is 0 Å². The van der Waals surface area contributed by atoms with Crippen LogP contribution in [0.2, 0.25) is 0 Å². The molecule has 0 spiro atoms. The summed E-state index contributed by atoms with van der Waals surface area (Å²) in [5, 5.41) is 5.22. The fourth-order valence-electron chi connectivity index (χ4n) is 2.64. The van der Waals surface area contributed by atoms with Gasteiger partial charge in [-0.3, -0.25) is 14.4 Å². The summed E-state index contributed by atoms with van der Waals surface area (Å²) >= 11 is 0. The highest BCUT2D eigenvalue weighted by Crippen LogP contribution is 2.24. The molecule has 1 aromatic heterocycles. The number of primary amides is 1. The lowest BCUT2D eigenvalue weighted by Crippen LogP contribution is -2.33. The third kappa shape index (κ3) is 4.64. The summed E-state index contributed by atoms with van der Waals surface area (Å²) in [4.78, 5) is 35.0. The standard InChI is InChI=1S/C21H19N3O4/c22-18(25)13-24-20(26)16-8-6-14(7-9-16)12-23-21(27)19-17(10-11-28-19)15-4-2-1-3-5-15/h1-11H,12-13H2,(H2,22,25)(H,23,27)(H,24,26). The molecule has 0 fully saturated rings. The van der Waals surface area contributed by atoms with Crippen LogP contribution in [-0.2, 0) is 11.3 Å². The van der Waals surface area contributed by atoms with Gasteiger partial charge in [-0.05, 0) is 29.3 Å². The van der Waals surface area contributed by atoms with Gasteiger partial charge in [0.1, 0.15) is 0 Å². The molecule has 0 aliphatic carbocycles. The number of carbonyl (C=O) groups is 3. The summed E-state index contributed by atoms with van der Waals surface area (Å²) in [6, 6.07) is 17.9. The van der Waals surface area contributed by atoms with Crippen LogP contribution >= 0.6 is 0 Å². The summed E-state index contributed by atoms with van der Waals surface area (Å²) < 4.78 is 5.36. The average Bonchev–Trinajstić information content (AvgIpc) is 3.21. The van der Waals surface area contributed by atoms with Crippen molar-refractivity contribution in [2.24, 2.45) is 5.73 Å². The smallest absolute Gasteiger partial charge is 0.287 e. The van der Waals surface area contributed by atoms with Crippen molar-refractivity contribution in [3.8, 4) is 11.1 Å². The Morgan fingerprint density at radius 2 is 1.57 bits per heavy atom. The number of furan rings is 1. The van der Waals surface area contributed by atoms with Gasteiger partial charge in [0.25, 0.3) is 11.8 Å².